The Balaban J connectivity index is 1.43. The summed E-state index contributed by atoms with van der Waals surface area (Å²) in [6.45, 7) is 4.77. The van der Waals surface area contributed by atoms with E-state index in [0.29, 0.717) is 36.1 Å². The number of ether oxygens (including phenoxy) is 1. The lowest BCUT2D eigenvalue weighted by molar-refractivity contribution is -0.158. The highest BCUT2D eigenvalue weighted by molar-refractivity contribution is 6.03. The van der Waals surface area contributed by atoms with Gasteiger partial charge in [0.2, 0.25) is 5.91 Å². The summed E-state index contributed by atoms with van der Waals surface area (Å²) in [7, 11) is 3.39. The standard InChI is InChI=1S/C27H40N2O4/c1-26-16-14-23(30)28(3)21(26)11-9-18-19-10-12-22(27(19,2)15-13-20(18)26)29(25(32)33-4)24(31)17-7-5-6-8-17/h7,18-22H,5-6,8-16H2,1-4H3/t18-,19-,20+,21?,22?,26+,27-/m0/s1. The van der Waals surface area contributed by atoms with E-state index in [1.807, 2.05) is 18.0 Å². The predicted octanol–water partition coefficient (Wildman–Crippen LogP) is 4.92. The Bertz CT molecular complexity index is 883. The Morgan fingerprint density at radius 3 is 2.48 bits per heavy atom. The van der Waals surface area contributed by atoms with Crippen molar-refractivity contribution >= 4 is 17.9 Å². The fourth-order valence-electron chi connectivity index (χ4n) is 9.02. The number of imide groups is 1. The molecular formula is C27H40N2O4. The second-order valence-electron chi connectivity index (χ2n) is 11.9. The minimum atomic E-state index is -0.495. The van der Waals surface area contributed by atoms with E-state index in [-0.39, 0.29) is 22.8 Å². The van der Waals surface area contributed by atoms with E-state index in [0.717, 1.165) is 69.8 Å². The Hall–Kier alpha value is -1.85. The van der Waals surface area contributed by atoms with Crippen molar-refractivity contribution in [2.75, 3.05) is 14.2 Å². The summed E-state index contributed by atoms with van der Waals surface area (Å²) in [6, 6.07) is 0.259. The van der Waals surface area contributed by atoms with Gasteiger partial charge < -0.3 is 9.64 Å². The Kier molecular flexibility index (Phi) is 5.64. The van der Waals surface area contributed by atoms with Crippen LogP contribution in [0.15, 0.2) is 11.6 Å². The van der Waals surface area contributed by atoms with Gasteiger partial charge in [-0.05, 0) is 92.8 Å². The van der Waals surface area contributed by atoms with E-state index >= 15 is 0 Å². The predicted molar refractivity (Wildman–Crippen MR) is 125 cm³/mol. The summed E-state index contributed by atoms with van der Waals surface area (Å²) in [6.07, 6.45) is 12.1. The van der Waals surface area contributed by atoms with Gasteiger partial charge in [0.05, 0.1) is 7.11 Å². The molecule has 0 radical (unpaired) electrons. The monoisotopic (exact) mass is 456 g/mol. The third-order valence-electron chi connectivity index (χ3n) is 10.7. The minimum absolute atomic E-state index is 0.0657. The van der Waals surface area contributed by atoms with Gasteiger partial charge in [-0.2, -0.15) is 0 Å². The number of methoxy groups -OCH3 is 1. The molecule has 1 saturated heterocycles. The first-order valence-electron chi connectivity index (χ1n) is 13.1. The van der Waals surface area contributed by atoms with Crippen LogP contribution in [0.2, 0.25) is 0 Å². The lowest BCUT2D eigenvalue weighted by Gasteiger charge is -2.62. The van der Waals surface area contributed by atoms with Gasteiger partial charge in [-0.3, -0.25) is 9.59 Å². The van der Waals surface area contributed by atoms with Crippen molar-refractivity contribution < 1.29 is 19.1 Å². The normalized spacial score (nSPS) is 42.2. The van der Waals surface area contributed by atoms with Gasteiger partial charge in [0.15, 0.2) is 0 Å². The molecule has 7 atom stereocenters. The van der Waals surface area contributed by atoms with Crippen LogP contribution in [0.4, 0.5) is 4.79 Å². The molecule has 0 N–H and O–H groups in total. The topological polar surface area (TPSA) is 66.9 Å². The zero-order chi connectivity index (χ0) is 23.5. The van der Waals surface area contributed by atoms with E-state index in [4.69, 9.17) is 4.74 Å². The second-order valence-corrected chi connectivity index (χ2v) is 11.9. The molecule has 0 aromatic heterocycles. The Morgan fingerprint density at radius 1 is 1.03 bits per heavy atom. The highest BCUT2D eigenvalue weighted by Crippen LogP contribution is 2.65. The van der Waals surface area contributed by atoms with Crippen LogP contribution in [0.1, 0.15) is 84.5 Å². The van der Waals surface area contributed by atoms with Crippen molar-refractivity contribution in [3.8, 4) is 0 Å². The molecule has 0 spiro atoms. The lowest BCUT2D eigenvalue weighted by atomic mass is 9.47. The van der Waals surface area contributed by atoms with Gasteiger partial charge in [-0.15, -0.1) is 0 Å². The van der Waals surface area contributed by atoms with Gasteiger partial charge in [-0.25, -0.2) is 9.69 Å². The van der Waals surface area contributed by atoms with Gasteiger partial charge in [0.1, 0.15) is 0 Å². The number of carbonyl (C=O) groups excluding carboxylic acids is 3. The average Bonchev–Trinajstić information content (AvgIpc) is 3.45. The number of allylic oxidation sites excluding steroid dienone is 1. The van der Waals surface area contributed by atoms with Crippen molar-refractivity contribution in [2.24, 2.45) is 28.6 Å². The van der Waals surface area contributed by atoms with Crippen molar-refractivity contribution in [1.29, 1.82) is 0 Å². The lowest BCUT2D eigenvalue weighted by Crippen LogP contribution is -2.62. The molecule has 3 amide bonds. The van der Waals surface area contributed by atoms with Crippen molar-refractivity contribution in [3.05, 3.63) is 11.6 Å². The van der Waals surface area contributed by atoms with Crippen LogP contribution < -0.4 is 0 Å². The maximum Gasteiger partial charge on any atom is 0.416 e. The molecule has 1 heterocycles. The summed E-state index contributed by atoms with van der Waals surface area (Å²) < 4.78 is 5.15. The van der Waals surface area contributed by atoms with Crippen LogP contribution in [0.5, 0.6) is 0 Å². The highest BCUT2D eigenvalue weighted by atomic mass is 16.5. The Labute approximate surface area is 198 Å². The average molecular weight is 457 g/mol. The molecule has 5 aliphatic rings. The molecule has 1 aliphatic heterocycles. The van der Waals surface area contributed by atoms with Crippen LogP contribution in [0.25, 0.3) is 0 Å². The number of likely N-dealkylation sites (tertiary alicyclic amines) is 1. The minimum Gasteiger partial charge on any atom is -0.452 e. The quantitative estimate of drug-likeness (QED) is 0.591. The van der Waals surface area contributed by atoms with E-state index in [1.54, 1.807) is 0 Å². The zero-order valence-electron chi connectivity index (χ0n) is 20.8. The number of fused-ring (bicyclic) bond motifs is 5. The second kappa shape index (κ2) is 8.13. The third-order valence-corrected chi connectivity index (χ3v) is 10.7. The third kappa shape index (κ3) is 3.30. The molecule has 182 valence electrons. The summed E-state index contributed by atoms with van der Waals surface area (Å²) in [5.74, 6) is 1.90. The fourth-order valence-corrected chi connectivity index (χ4v) is 9.02. The van der Waals surface area contributed by atoms with Gasteiger partial charge in [0.25, 0.3) is 5.91 Å². The number of hydrogen-bond donors (Lipinski definition) is 0. The molecule has 4 aliphatic carbocycles. The van der Waals surface area contributed by atoms with Crippen molar-refractivity contribution in [3.63, 3.8) is 0 Å². The van der Waals surface area contributed by atoms with Crippen LogP contribution in [0.3, 0.4) is 0 Å². The number of nitrogens with zero attached hydrogens (tertiary/aromatic N) is 2. The molecule has 6 nitrogen and oxygen atoms in total. The molecule has 3 saturated carbocycles. The van der Waals surface area contributed by atoms with Crippen LogP contribution in [0, 0.1) is 28.6 Å². The molecule has 4 fully saturated rings. The number of rotatable bonds is 2. The van der Waals surface area contributed by atoms with E-state index < -0.39 is 6.09 Å². The van der Waals surface area contributed by atoms with E-state index in [2.05, 4.69) is 13.8 Å². The first kappa shape index (κ1) is 22.9. The van der Waals surface area contributed by atoms with Crippen LogP contribution >= 0.6 is 0 Å². The van der Waals surface area contributed by atoms with Crippen LogP contribution in [-0.4, -0.2) is 53.9 Å². The maximum absolute atomic E-state index is 13.5. The zero-order valence-corrected chi connectivity index (χ0v) is 20.8. The Morgan fingerprint density at radius 2 is 1.79 bits per heavy atom. The van der Waals surface area contributed by atoms with Gasteiger partial charge in [0, 0.05) is 31.1 Å². The van der Waals surface area contributed by atoms with Crippen molar-refractivity contribution in [1.82, 2.24) is 9.80 Å². The summed E-state index contributed by atoms with van der Waals surface area (Å²) >= 11 is 0. The van der Waals surface area contributed by atoms with Crippen LogP contribution in [-0.2, 0) is 14.3 Å². The summed E-state index contributed by atoms with van der Waals surface area (Å²) in [5, 5.41) is 0. The fraction of sp³-hybridized carbons (Fsp3) is 0.815. The van der Waals surface area contributed by atoms with E-state index in [9.17, 15) is 14.4 Å². The molecule has 0 bridgehead atoms. The number of carbonyl (C=O) groups is 3. The van der Waals surface area contributed by atoms with Crippen molar-refractivity contribution in [2.45, 2.75) is 96.6 Å². The highest BCUT2D eigenvalue weighted by Gasteiger charge is 2.62. The molecular weight excluding hydrogens is 416 g/mol. The number of hydrogen-bond acceptors (Lipinski definition) is 4. The smallest absolute Gasteiger partial charge is 0.416 e. The van der Waals surface area contributed by atoms with Gasteiger partial charge >= 0.3 is 6.09 Å². The molecule has 5 rings (SSSR count). The maximum atomic E-state index is 13.5. The number of piperidine rings is 1. The first-order chi connectivity index (χ1) is 15.7. The molecule has 2 unspecified atom stereocenters. The summed E-state index contributed by atoms with van der Waals surface area (Å²) in [5.41, 5.74) is 0.894. The molecule has 0 aromatic rings. The number of amides is 3. The van der Waals surface area contributed by atoms with E-state index in [1.165, 1.54) is 12.0 Å². The molecule has 6 heteroatoms. The first-order valence-corrected chi connectivity index (χ1v) is 13.1. The molecule has 33 heavy (non-hydrogen) atoms. The summed E-state index contributed by atoms with van der Waals surface area (Å²) in [4.78, 5) is 42.3. The molecule has 0 aromatic carbocycles. The van der Waals surface area contributed by atoms with Gasteiger partial charge in [-0.1, -0.05) is 19.9 Å². The largest absolute Gasteiger partial charge is 0.452 e. The SMILES string of the molecule is COC(=O)N(C(=O)C1=CCCC1)C1CC[C@H]2[C@@H]3CCC4N(C)C(=O)CC[C@]4(C)[C@@H]3CC[C@]12C.